The summed E-state index contributed by atoms with van der Waals surface area (Å²) in [7, 11) is 0. The largest absolute Gasteiger partial charge is 0.481 e. The minimum absolute atomic E-state index is 0.746. The molecule has 0 aromatic rings. The first kappa shape index (κ1) is 10.4. The van der Waals surface area contributed by atoms with Crippen LogP contribution in [0.5, 0.6) is 0 Å². The summed E-state index contributed by atoms with van der Waals surface area (Å²) >= 11 is 0. The van der Waals surface area contributed by atoms with Crippen molar-refractivity contribution < 1.29 is 24.9 Å². The zero-order chi connectivity index (χ0) is 9.72. The SMILES string of the molecule is N#C[C@H](C(=O)O)C(O)CC(=O)O. The van der Waals surface area contributed by atoms with Crippen LogP contribution in [0.25, 0.3) is 0 Å². The van der Waals surface area contributed by atoms with Crippen molar-refractivity contribution in [3.63, 3.8) is 0 Å². The molecule has 0 aliphatic heterocycles. The molecule has 0 heterocycles. The number of nitriles is 1. The van der Waals surface area contributed by atoms with Crippen molar-refractivity contribution in [1.29, 1.82) is 5.26 Å². The van der Waals surface area contributed by atoms with Gasteiger partial charge in [-0.05, 0) is 0 Å². The Hall–Kier alpha value is -1.61. The molecule has 0 radical (unpaired) electrons. The smallest absolute Gasteiger partial charge is 0.323 e. The summed E-state index contributed by atoms with van der Waals surface area (Å²) in [6, 6.07) is 1.29. The van der Waals surface area contributed by atoms with Crippen LogP contribution in [0.4, 0.5) is 0 Å². The van der Waals surface area contributed by atoms with Crippen LogP contribution in [-0.4, -0.2) is 33.4 Å². The summed E-state index contributed by atoms with van der Waals surface area (Å²) in [4.78, 5) is 20.2. The van der Waals surface area contributed by atoms with E-state index in [9.17, 15) is 9.59 Å². The van der Waals surface area contributed by atoms with Crippen LogP contribution in [0.15, 0.2) is 0 Å². The zero-order valence-corrected chi connectivity index (χ0v) is 5.97. The molecular weight excluding hydrogens is 166 g/mol. The van der Waals surface area contributed by atoms with Crippen LogP contribution in [-0.2, 0) is 9.59 Å². The standard InChI is InChI=1S/C6H7NO5/c7-2-3(6(11)12)4(8)1-5(9)10/h3-4,8H,1H2,(H,9,10)(H,11,12)/t3-,4?/m0/s1. The summed E-state index contributed by atoms with van der Waals surface area (Å²) in [5, 5.41) is 33.5. The van der Waals surface area contributed by atoms with E-state index in [1.54, 1.807) is 0 Å². The molecule has 0 bridgehead atoms. The monoisotopic (exact) mass is 173 g/mol. The van der Waals surface area contributed by atoms with Crippen LogP contribution >= 0.6 is 0 Å². The lowest BCUT2D eigenvalue weighted by molar-refractivity contribution is -0.145. The summed E-state index contributed by atoms with van der Waals surface area (Å²) in [5.74, 6) is -4.55. The van der Waals surface area contributed by atoms with Gasteiger partial charge >= 0.3 is 11.9 Å². The van der Waals surface area contributed by atoms with E-state index < -0.39 is 30.4 Å². The van der Waals surface area contributed by atoms with Crippen LogP contribution in [0.3, 0.4) is 0 Å². The lowest BCUT2D eigenvalue weighted by atomic mass is 10.0. The van der Waals surface area contributed by atoms with Crippen molar-refractivity contribution >= 4 is 11.9 Å². The van der Waals surface area contributed by atoms with E-state index in [0.29, 0.717) is 0 Å². The van der Waals surface area contributed by atoms with E-state index in [-0.39, 0.29) is 0 Å². The molecule has 6 nitrogen and oxygen atoms in total. The second-order valence-electron chi connectivity index (χ2n) is 2.11. The number of nitrogens with zero attached hydrogens (tertiary/aromatic N) is 1. The molecule has 0 aliphatic carbocycles. The minimum Gasteiger partial charge on any atom is -0.481 e. The lowest BCUT2D eigenvalue weighted by Crippen LogP contribution is -2.28. The Morgan fingerprint density at radius 3 is 2.17 bits per heavy atom. The van der Waals surface area contributed by atoms with E-state index in [0.717, 1.165) is 0 Å². The highest BCUT2D eigenvalue weighted by atomic mass is 16.4. The molecule has 12 heavy (non-hydrogen) atoms. The van der Waals surface area contributed by atoms with Gasteiger partial charge in [0, 0.05) is 0 Å². The molecular formula is C6H7NO5. The third kappa shape index (κ3) is 2.98. The first-order valence-corrected chi connectivity index (χ1v) is 3.01. The quantitative estimate of drug-likeness (QED) is 0.504. The number of aliphatic hydroxyl groups excluding tert-OH is 1. The lowest BCUT2D eigenvalue weighted by Gasteiger charge is -2.08. The molecule has 0 rings (SSSR count). The fourth-order valence-corrected chi connectivity index (χ4v) is 0.603. The number of rotatable bonds is 4. The van der Waals surface area contributed by atoms with Gasteiger partial charge in [-0.1, -0.05) is 0 Å². The second kappa shape index (κ2) is 4.31. The number of aliphatic carboxylic acids is 2. The van der Waals surface area contributed by atoms with Gasteiger partial charge < -0.3 is 15.3 Å². The Balaban J connectivity index is 4.24. The maximum Gasteiger partial charge on any atom is 0.323 e. The molecule has 0 saturated heterocycles. The molecule has 3 N–H and O–H groups in total. The van der Waals surface area contributed by atoms with Crippen molar-refractivity contribution in [2.24, 2.45) is 5.92 Å². The number of aliphatic hydroxyl groups is 1. The van der Waals surface area contributed by atoms with E-state index in [1.807, 2.05) is 0 Å². The summed E-state index contributed by atoms with van der Waals surface area (Å²) in [5.41, 5.74) is 0. The maximum absolute atomic E-state index is 10.2. The second-order valence-corrected chi connectivity index (χ2v) is 2.11. The summed E-state index contributed by atoms with van der Waals surface area (Å²) < 4.78 is 0. The molecule has 0 saturated carbocycles. The third-order valence-electron chi connectivity index (χ3n) is 1.17. The van der Waals surface area contributed by atoms with Gasteiger partial charge in [-0.3, -0.25) is 9.59 Å². The number of carbonyl (C=O) groups is 2. The van der Waals surface area contributed by atoms with Crippen LogP contribution in [0.2, 0.25) is 0 Å². The molecule has 0 fully saturated rings. The van der Waals surface area contributed by atoms with E-state index in [4.69, 9.17) is 20.6 Å². The van der Waals surface area contributed by atoms with Crippen molar-refractivity contribution in [3.05, 3.63) is 0 Å². The number of hydrogen-bond donors (Lipinski definition) is 3. The molecule has 0 aliphatic rings. The van der Waals surface area contributed by atoms with Gasteiger partial charge in [0.25, 0.3) is 0 Å². The zero-order valence-electron chi connectivity index (χ0n) is 5.97. The molecule has 0 amide bonds. The third-order valence-corrected chi connectivity index (χ3v) is 1.17. The van der Waals surface area contributed by atoms with Gasteiger partial charge in [0.05, 0.1) is 18.6 Å². The van der Waals surface area contributed by atoms with Crippen molar-refractivity contribution in [2.75, 3.05) is 0 Å². The molecule has 2 atom stereocenters. The fraction of sp³-hybridized carbons (Fsp3) is 0.500. The van der Waals surface area contributed by atoms with Gasteiger partial charge in [0.1, 0.15) is 0 Å². The van der Waals surface area contributed by atoms with Crippen LogP contribution < -0.4 is 0 Å². The normalized spacial score (nSPS) is 14.3. The molecule has 0 aromatic carbocycles. The van der Waals surface area contributed by atoms with Crippen molar-refractivity contribution in [1.82, 2.24) is 0 Å². The highest BCUT2D eigenvalue weighted by Crippen LogP contribution is 2.06. The Morgan fingerprint density at radius 2 is 1.92 bits per heavy atom. The molecule has 6 heteroatoms. The Bertz CT molecular complexity index is 231. The van der Waals surface area contributed by atoms with E-state index >= 15 is 0 Å². The highest BCUT2D eigenvalue weighted by molar-refractivity contribution is 5.75. The predicted octanol–water partition coefficient (Wildman–Crippen LogP) is -0.954. The first-order valence-electron chi connectivity index (χ1n) is 3.01. The molecule has 1 unspecified atom stereocenters. The Morgan fingerprint density at radius 1 is 1.42 bits per heavy atom. The number of carboxylic acid groups (broad SMARTS) is 2. The van der Waals surface area contributed by atoms with E-state index in [1.165, 1.54) is 6.07 Å². The minimum atomic E-state index is -1.68. The average Bonchev–Trinajstić information content (AvgIpc) is 1.85. The topological polar surface area (TPSA) is 119 Å². The Labute approximate surface area is 67.7 Å². The van der Waals surface area contributed by atoms with Gasteiger partial charge in [-0.2, -0.15) is 5.26 Å². The van der Waals surface area contributed by atoms with Gasteiger partial charge in [0.2, 0.25) is 0 Å². The highest BCUT2D eigenvalue weighted by Gasteiger charge is 2.27. The van der Waals surface area contributed by atoms with Crippen molar-refractivity contribution in [2.45, 2.75) is 12.5 Å². The van der Waals surface area contributed by atoms with Crippen LogP contribution in [0, 0.1) is 17.2 Å². The van der Waals surface area contributed by atoms with Crippen LogP contribution in [0.1, 0.15) is 6.42 Å². The molecule has 0 spiro atoms. The van der Waals surface area contributed by atoms with Crippen molar-refractivity contribution in [3.8, 4) is 6.07 Å². The maximum atomic E-state index is 10.2. The molecule has 0 aromatic heterocycles. The Kier molecular flexibility index (Phi) is 3.73. The van der Waals surface area contributed by atoms with Gasteiger partial charge in [0.15, 0.2) is 5.92 Å². The average molecular weight is 173 g/mol. The first-order chi connectivity index (χ1) is 5.49. The number of hydrogen-bond acceptors (Lipinski definition) is 4. The molecule has 66 valence electrons. The van der Waals surface area contributed by atoms with Gasteiger partial charge in [-0.25, -0.2) is 0 Å². The van der Waals surface area contributed by atoms with Gasteiger partial charge in [-0.15, -0.1) is 0 Å². The fourth-order valence-electron chi connectivity index (χ4n) is 0.603. The predicted molar refractivity (Wildman–Crippen MR) is 35.0 cm³/mol. The number of carboxylic acids is 2. The van der Waals surface area contributed by atoms with E-state index in [2.05, 4.69) is 0 Å². The summed E-state index contributed by atoms with van der Waals surface area (Å²) in [6.07, 6.45) is -2.41. The summed E-state index contributed by atoms with van der Waals surface area (Å²) in [6.45, 7) is 0.